The highest BCUT2D eigenvalue weighted by molar-refractivity contribution is 6.17. The molecule has 0 radical (unpaired) electrons. The second kappa shape index (κ2) is 4.70. The number of pyridine rings is 1. The summed E-state index contributed by atoms with van der Waals surface area (Å²) in [6, 6.07) is 8.00. The first-order valence-electron chi connectivity index (χ1n) is 6.29. The van der Waals surface area contributed by atoms with Gasteiger partial charge in [-0.3, -0.25) is 0 Å². The number of fused-ring (bicyclic) bond motifs is 3. The fourth-order valence-electron chi connectivity index (χ4n) is 2.46. The number of nitrogens with two attached hydrogens (primary N) is 1. The Balaban J connectivity index is 2.39. The van der Waals surface area contributed by atoms with Crippen LogP contribution >= 0.6 is 11.6 Å². The molecule has 0 saturated heterocycles. The molecule has 3 rings (SSSR count). The minimum Gasteiger partial charge on any atom is -0.382 e. The molecule has 0 bridgehead atoms. The van der Waals surface area contributed by atoms with E-state index in [9.17, 15) is 0 Å². The van der Waals surface area contributed by atoms with E-state index >= 15 is 0 Å². The number of para-hydroxylation sites is 1. The highest BCUT2D eigenvalue weighted by atomic mass is 35.5. The summed E-state index contributed by atoms with van der Waals surface area (Å²) in [5.41, 5.74) is 8.77. The number of anilines is 1. The highest BCUT2D eigenvalue weighted by Crippen LogP contribution is 2.28. The van der Waals surface area contributed by atoms with Crippen molar-refractivity contribution in [1.82, 2.24) is 14.5 Å². The number of nitrogen functional groups attached to an aromatic ring is 1. The predicted molar refractivity (Wildman–Crippen MR) is 79.5 cm³/mol. The van der Waals surface area contributed by atoms with Crippen LogP contribution in [0, 0.1) is 6.92 Å². The van der Waals surface area contributed by atoms with Gasteiger partial charge in [-0.1, -0.05) is 18.2 Å². The molecule has 1 aromatic carbocycles. The number of halogens is 1. The van der Waals surface area contributed by atoms with Crippen molar-refractivity contribution in [2.75, 3.05) is 11.6 Å². The Kier molecular flexibility index (Phi) is 3.03. The van der Waals surface area contributed by atoms with Crippen LogP contribution in [0.4, 0.5) is 5.82 Å². The smallest absolute Gasteiger partial charge is 0.152 e. The fourth-order valence-corrected chi connectivity index (χ4v) is 2.58. The topological polar surface area (TPSA) is 56.7 Å². The third-order valence-corrected chi connectivity index (χ3v) is 3.58. The van der Waals surface area contributed by atoms with E-state index in [1.807, 2.05) is 25.1 Å². The van der Waals surface area contributed by atoms with Crippen LogP contribution in [0.2, 0.25) is 0 Å². The monoisotopic (exact) mass is 274 g/mol. The van der Waals surface area contributed by atoms with Gasteiger partial charge < -0.3 is 10.3 Å². The molecule has 3 aromatic rings. The maximum absolute atomic E-state index is 6.02. The van der Waals surface area contributed by atoms with E-state index in [1.54, 1.807) is 0 Å². The molecular formula is C14H15ClN4. The normalized spacial score (nSPS) is 11.5. The van der Waals surface area contributed by atoms with Crippen molar-refractivity contribution >= 4 is 39.4 Å². The Morgan fingerprint density at radius 3 is 2.84 bits per heavy atom. The van der Waals surface area contributed by atoms with Crippen molar-refractivity contribution in [2.24, 2.45) is 0 Å². The van der Waals surface area contributed by atoms with Crippen molar-refractivity contribution in [1.29, 1.82) is 0 Å². The van der Waals surface area contributed by atoms with Gasteiger partial charge in [-0.05, 0) is 19.4 Å². The molecule has 0 saturated carbocycles. The molecule has 4 nitrogen and oxygen atoms in total. The first-order chi connectivity index (χ1) is 9.22. The fraction of sp³-hybridized carbons (Fsp3) is 0.286. The van der Waals surface area contributed by atoms with Crippen molar-refractivity contribution in [3.8, 4) is 0 Å². The molecule has 5 heteroatoms. The number of rotatable bonds is 3. The van der Waals surface area contributed by atoms with Gasteiger partial charge in [0.05, 0.1) is 11.0 Å². The lowest BCUT2D eigenvalue weighted by molar-refractivity contribution is 0.680. The first kappa shape index (κ1) is 12.2. The quantitative estimate of drug-likeness (QED) is 0.747. The van der Waals surface area contributed by atoms with Gasteiger partial charge in [0.25, 0.3) is 0 Å². The van der Waals surface area contributed by atoms with Gasteiger partial charge in [-0.2, -0.15) is 0 Å². The Bertz CT molecular complexity index is 748. The molecule has 2 N–H and O–H groups in total. The molecule has 0 aliphatic rings. The van der Waals surface area contributed by atoms with Crippen molar-refractivity contribution < 1.29 is 0 Å². The largest absolute Gasteiger partial charge is 0.382 e. The second-order valence-electron chi connectivity index (χ2n) is 4.56. The molecule has 0 atom stereocenters. The summed E-state index contributed by atoms with van der Waals surface area (Å²) >= 11 is 5.80. The Labute approximate surface area is 116 Å². The van der Waals surface area contributed by atoms with Crippen LogP contribution in [0.3, 0.4) is 0 Å². The lowest BCUT2D eigenvalue weighted by atomic mass is 10.2. The van der Waals surface area contributed by atoms with Crippen LogP contribution in [0.25, 0.3) is 21.9 Å². The van der Waals surface area contributed by atoms with Gasteiger partial charge in [0.1, 0.15) is 11.3 Å². The molecular weight excluding hydrogens is 260 g/mol. The second-order valence-corrected chi connectivity index (χ2v) is 4.94. The zero-order chi connectivity index (χ0) is 13.4. The van der Waals surface area contributed by atoms with Gasteiger partial charge in [0.15, 0.2) is 5.82 Å². The van der Waals surface area contributed by atoms with E-state index < -0.39 is 0 Å². The maximum Gasteiger partial charge on any atom is 0.152 e. The summed E-state index contributed by atoms with van der Waals surface area (Å²) in [5, 5.41) is 1.09. The average molecular weight is 275 g/mol. The number of alkyl halides is 1. The average Bonchev–Trinajstić information content (AvgIpc) is 2.74. The van der Waals surface area contributed by atoms with Crippen molar-refractivity contribution in [3.63, 3.8) is 0 Å². The van der Waals surface area contributed by atoms with E-state index in [2.05, 4.69) is 20.6 Å². The summed E-state index contributed by atoms with van der Waals surface area (Å²) in [7, 11) is 0. The minimum atomic E-state index is 0.487. The number of imidazole rings is 1. The first-order valence-corrected chi connectivity index (χ1v) is 6.83. The lowest BCUT2D eigenvalue weighted by Crippen LogP contribution is -2.02. The zero-order valence-corrected chi connectivity index (χ0v) is 11.5. The van der Waals surface area contributed by atoms with Gasteiger partial charge in [0, 0.05) is 17.8 Å². The number of aryl methyl sites for hydroxylation is 2. The Morgan fingerprint density at radius 2 is 2.05 bits per heavy atom. The number of aromatic nitrogens is 3. The molecule has 0 spiro atoms. The van der Waals surface area contributed by atoms with Crippen molar-refractivity contribution in [2.45, 2.75) is 19.9 Å². The van der Waals surface area contributed by atoms with Crippen LogP contribution in [-0.2, 0) is 6.54 Å². The van der Waals surface area contributed by atoms with E-state index in [1.165, 1.54) is 0 Å². The molecule has 0 unspecified atom stereocenters. The number of hydrogen-bond donors (Lipinski definition) is 1. The molecule has 2 heterocycles. The summed E-state index contributed by atoms with van der Waals surface area (Å²) in [6.45, 7) is 2.84. The molecule has 0 aliphatic carbocycles. The van der Waals surface area contributed by atoms with Gasteiger partial charge in [0.2, 0.25) is 0 Å². The molecule has 0 fully saturated rings. The molecule has 98 valence electrons. The van der Waals surface area contributed by atoms with E-state index in [0.29, 0.717) is 11.7 Å². The van der Waals surface area contributed by atoms with Crippen molar-refractivity contribution in [3.05, 3.63) is 30.1 Å². The highest BCUT2D eigenvalue weighted by Gasteiger charge is 2.14. The van der Waals surface area contributed by atoms with Gasteiger partial charge in [-0.15, -0.1) is 11.6 Å². The molecule has 0 aliphatic heterocycles. The van der Waals surface area contributed by atoms with Crippen LogP contribution in [0.15, 0.2) is 24.3 Å². The summed E-state index contributed by atoms with van der Waals surface area (Å²) in [4.78, 5) is 8.96. The summed E-state index contributed by atoms with van der Waals surface area (Å²) in [6.07, 6.45) is 0.907. The SMILES string of the molecule is Cc1nc2c(N)nc3ccccc3c2n1CCCCl. The summed E-state index contributed by atoms with van der Waals surface area (Å²) in [5.74, 6) is 2.07. The van der Waals surface area contributed by atoms with Crippen LogP contribution in [0.1, 0.15) is 12.2 Å². The standard InChI is InChI=1S/C14H15ClN4/c1-9-17-12-13(19(9)8-4-7-15)10-5-2-3-6-11(10)18-14(12)16/h2-3,5-6H,4,7-8H2,1H3,(H2,16,18). The molecule has 2 aromatic heterocycles. The third-order valence-electron chi connectivity index (χ3n) is 3.32. The van der Waals surface area contributed by atoms with E-state index in [4.69, 9.17) is 17.3 Å². The van der Waals surface area contributed by atoms with E-state index in [-0.39, 0.29) is 0 Å². The number of hydrogen-bond acceptors (Lipinski definition) is 3. The van der Waals surface area contributed by atoms with Crippen LogP contribution < -0.4 is 5.73 Å². The Hall–Kier alpha value is -1.81. The number of nitrogens with zero attached hydrogens (tertiary/aromatic N) is 3. The third kappa shape index (κ3) is 1.92. The van der Waals surface area contributed by atoms with Crippen LogP contribution in [-0.4, -0.2) is 20.4 Å². The lowest BCUT2D eigenvalue weighted by Gasteiger charge is -2.08. The van der Waals surface area contributed by atoms with Gasteiger partial charge >= 0.3 is 0 Å². The summed E-state index contributed by atoms with van der Waals surface area (Å²) < 4.78 is 2.18. The zero-order valence-electron chi connectivity index (χ0n) is 10.7. The van der Waals surface area contributed by atoms with E-state index in [0.717, 1.165) is 40.7 Å². The minimum absolute atomic E-state index is 0.487. The molecule has 0 amide bonds. The van der Waals surface area contributed by atoms with Crippen LogP contribution in [0.5, 0.6) is 0 Å². The van der Waals surface area contributed by atoms with Gasteiger partial charge in [-0.25, -0.2) is 9.97 Å². The predicted octanol–water partition coefficient (Wildman–Crippen LogP) is 3.10. The molecule has 19 heavy (non-hydrogen) atoms. The maximum atomic E-state index is 6.02. The number of benzene rings is 1. The Morgan fingerprint density at radius 1 is 1.26 bits per heavy atom.